The van der Waals surface area contributed by atoms with Crippen molar-refractivity contribution in [1.29, 1.82) is 0 Å². The molecule has 1 aromatic carbocycles. The number of ether oxygens (including phenoxy) is 4. The van der Waals surface area contributed by atoms with E-state index in [-0.39, 0.29) is 12.0 Å². The van der Waals surface area contributed by atoms with Crippen LogP contribution < -0.4 is 14.2 Å². The molecule has 0 radical (unpaired) electrons. The minimum Gasteiger partial charge on any atom is -0.493 e. The fraction of sp³-hybridized carbons (Fsp3) is 0.368. The lowest BCUT2D eigenvalue weighted by atomic mass is 10.0. The molecular weight excluding hydrogens is 368 g/mol. The lowest BCUT2D eigenvalue weighted by molar-refractivity contribution is -0.139. The molecular formula is C19H22N2O5S. The summed E-state index contributed by atoms with van der Waals surface area (Å²) in [7, 11) is 4.71. The maximum atomic E-state index is 12.4. The maximum absolute atomic E-state index is 12.4. The van der Waals surface area contributed by atoms with Crippen LogP contribution in [-0.2, 0) is 9.53 Å². The Bertz CT molecular complexity index is 821. The fourth-order valence-corrected chi connectivity index (χ4v) is 3.98. The second kappa shape index (κ2) is 7.96. The normalized spacial score (nSPS) is 18.2. The summed E-state index contributed by atoms with van der Waals surface area (Å²) in [6.45, 7) is 4.02. The predicted molar refractivity (Wildman–Crippen MR) is 104 cm³/mol. The first-order valence-corrected chi connectivity index (χ1v) is 9.32. The Morgan fingerprint density at radius 2 is 1.85 bits per heavy atom. The van der Waals surface area contributed by atoms with Gasteiger partial charge in [-0.25, -0.2) is 9.79 Å². The monoisotopic (exact) mass is 390 g/mol. The quantitative estimate of drug-likeness (QED) is 0.689. The molecule has 0 saturated carbocycles. The first-order valence-electron chi connectivity index (χ1n) is 8.44. The van der Waals surface area contributed by atoms with Crippen molar-refractivity contribution in [3.05, 3.63) is 40.6 Å². The van der Waals surface area contributed by atoms with Gasteiger partial charge in [0.2, 0.25) is 5.75 Å². The molecule has 3 rings (SSSR count). The average molecular weight is 390 g/mol. The molecule has 0 aromatic heterocycles. The van der Waals surface area contributed by atoms with Crippen LogP contribution in [0.15, 0.2) is 40.0 Å². The number of esters is 1. The lowest BCUT2D eigenvalue weighted by Gasteiger charge is -2.32. The molecule has 27 heavy (non-hydrogen) atoms. The summed E-state index contributed by atoms with van der Waals surface area (Å²) in [5.41, 5.74) is 2.21. The highest BCUT2D eigenvalue weighted by atomic mass is 32.2. The number of methoxy groups -OCH3 is 3. The third-order valence-corrected chi connectivity index (χ3v) is 5.04. The highest BCUT2D eigenvalue weighted by molar-refractivity contribution is 8.16. The number of hydrogen-bond acceptors (Lipinski definition) is 8. The molecule has 8 heteroatoms. The molecule has 144 valence electrons. The van der Waals surface area contributed by atoms with E-state index in [1.807, 2.05) is 30.0 Å². The van der Waals surface area contributed by atoms with E-state index in [1.165, 1.54) is 11.8 Å². The fourth-order valence-electron chi connectivity index (χ4n) is 3.03. The molecule has 0 fully saturated rings. The Morgan fingerprint density at radius 1 is 1.19 bits per heavy atom. The standard InChI is InChI=1S/C19H22N2O5S/c1-6-26-18(22)14-10-27-19-20-11(2)7-13(21(14)19)12-8-15(23-3)17(25-5)16(9-12)24-4/h7-10,13H,6H2,1-5H3. The van der Waals surface area contributed by atoms with E-state index >= 15 is 0 Å². The van der Waals surface area contributed by atoms with Crippen LogP contribution in [0.1, 0.15) is 25.5 Å². The maximum Gasteiger partial charge on any atom is 0.355 e. The van der Waals surface area contributed by atoms with Gasteiger partial charge in [0.1, 0.15) is 5.70 Å². The number of nitrogens with zero attached hydrogens (tertiary/aromatic N) is 2. The van der Waals surface area contributed by atoms with E-state index in [4.69, 9.17) is 18.9 Å². The van der Waals surface area contributed by atoms with Gasteiger partial charge in [0.15, 0.2) is 16.7 Å². The second-order valence-electron chi connectivity index (χ2n) is 5.82. The van der Waals surface area contributed by atoms with Crippen molar-refractivity contribution in [2.75, 3.05) is 27.9 Å². The van der Waals surface area contributed by atoms with Gasteiger partial charge in [-0.2, -0.15) is 0 Å². The Morgan fingerprint density at radius 3 is 2.41 bits per heavy atom. The first kappa shape index (κ1) is 19.2. The van der Waals surface area contributed by atoms with Gasteiger partial charge in [0.05, 0.1) is 34.0 Å². The lowest BCUT2D eigenvalue weighted by Crippen LogP contribution is -2.34. The molecule has 2 aliphatic heterocycles. The van der Waals surface area contributed by atoms with Gasteiger partial charge < -0.3 is 23.8 Å². The summed E-state index contributed by atoms with van der Waals surface area (Å²) in [6.07, 6.45) is 1.99. The zero-order valence-electron chi connectivity index (χ0n) is 15.9. The van der Waals surface area contributed by atoms with Crippen molar-refractivity contribution in [2.45, 2.75) is 19.9 Å². The number of allylic oxidation sites excluding steroid dienone is 1. The van der Waals surface area contributed by atoms with Crippen LogP contribution in [0, 0.1) is 0 Å². The highest BCUT2D eigenvalue weighted by Crippen LogP contribution is 2.45. The molecule has 2 aliphatic rings. The summed E-state index contributed by atoms with van der Waals surface area (Å²) in [5, 5.41) is 2.51. The Hall–Kier alpha value is -2.61. The van der Waals surface area contributed by atoms with Crippen LogP contribution in [0.2, 0.25) is 0 Å². The van der Waals surface area contributed by atoms with E-state index < -0.39 is 0 Å². The molecule has 1 unspecified atom stereocenters. The number of thioether (sulfide) groups is 1. The molecule has 7 nitrogen and oxygen atoms in total. The van der Waals surface area contributed by atoms with Gasteiger partial charge in [-0.05, 0) is 37.6 Å². The summed E-state index contributed by atoms with van der Waals surface area (Å²) in [5.74, 6) is 1.25. The molecule has 0 aliphatic carbocycles. The van der Waals surface area contributed by atoms with Gasteiger partial charge in [-0.1, -0.05) is 11.8 Å². The van der Waals surface area contributed by atoms with E-state index in [2.05, 4.69) is 4.99 Å². The zero-order chi connectivity index (χ0) is 19.6. The van der Waals surface area contributed by atoms with Crippen molar-refractivity contribution in [3.8, 4) is 17.2 Å². The van der Waals surface area contributed by atoms with Crippen LogP contribution in [-0.4, -0.2) is 44.0 Å². The van der Waals surface area contributed by atoms with Crippen molar-refractivity contribution >= 4 is 22.9 Å². The topological polar surface area (TPSA) is 69.6 Å². The molecule has 1 atom stereocenters. The van der Waals surface area contributed by atoms with E-state index in [1.54, 1.807) is 33.7 Å². The molecule has 0 amide bonds. The van der Waals surface area contributed by atoms with Crippen molar-refractivity contribution in [3.63, 3.8) is 0 Å². The SMILES string of the molecule is CCOC(=O)C1=CSC2=NC(C)=CC(c3cc(OC)c(OC)c(OC)c3)N12. The van der Waals surface area contributed by atoms with Gasteiger partial charge in [-0.3, -0.25) is 0 Å². The average Bonchev–Trinajstić information content (AvgIpc) is 3.10. The number of carbonyl (C=O) groups excluding carboxylic acids is 1. The van der Waals surface area contributed by atoms with E-state index in [9.17, 15) is 4.79 Å². The van der Waals surface area contributed by atoms with Gasteiger partial charge >= 0.3 is 5.97 Å². The minimum atomic E-state index is -0.374. The van der Waals surface area contributed by atoms with Crippen LogP contribution in [0.5, 0.6) is 17.2 Å². The minimum absolute atomic E-state index is 0.253. The smallest absolute Gasteiger partial charge is 0.355 e. The van der Waals surface area contributed by atoms with Gasteiger partial charge in [0, 0.05) is 11.1 Å². The number of rotatable bonds is 6. The number of fused-ring (bicyclic) bond motifs is 1. The predicted octanol–water partition coefficient (Wildman–Crippen LogP) is 3.48. The van der Waals surface area contributed by atoms with Crippen molar-refractivity contribution < 1.29 is 23.7 Å². The van der Waals surface area contributed by atoms with Crippen LogP contribution in [0.25, 0.3) is 0 Å². The van der Waals surface area contributed by atoms with Gasteiger partial charge in [-0.15, -0.1) is 0 Å². The third kappa shape index (κ3) is 3.49. The first-order chi connectivity index (χ1) is 13.0. The summed E-state index contributed by atoms with van der Waals surface area (Å²) < 4.78 is 21.6. The number of hydrogen-bond donors (Lipinski definition) is 0. The van der Waals surface area contributed by atoms with Crippen LogP contribution >= 0.6 is 11.8 Å². The number of amidine groups is 1. The number of benzene rings is 1. The zero-order valence-corrected chi connectivity index (χ0v) is 16.8. The third-order valence-electron chi connectivity index (χ3n) is 4.20. The molecule has 2 heterocycles. The summed E-state index contributed by atoms with van der Waals surface area (Å²) in [6, 6.07) is 3.51. The molecule has 0 spiro atoms. The largest absolute Gasteiger partial charge is 0.493 e. The highest BCUT2D eigenvalue weighted by Gasteiger charge is 2.37. The molecule has 1 aromatic rings. The summed E-state index contributed by atoms with van der Waals surface area (Å²) in [4.78, 5) is 18.8. The molecule has 0 saturated heterocycles. The molecule has 0 bridgehead atoms. The van der Waals surface area contributed by atoms with Crippen molar-refractivity contribution in [1.82, 2.24) is 4.90 Å². The summed E-state index contributed by atoms with van der Waals surface area (Å²) >= 11 is 1.40. The van der Waals surface area contributed by atoms with Crippen LogP contribution in [0.3, 0.4) is 0 Å². The Kier molecular flexibility index (Phi) is 5.65. The molecule has 0 N–H and O–H groups in total. The second-order valence-corrected chi connectivity index (χ2v) is 6.65. The van der Waals surface area contributed by atoms with E-state index in [0.717, 1.165) is 16.4 Å². The number of carbonyl (C=O) groups is 1. The number of aliphatic imine (C=N–C) groups is 1. The van der Waals surface area contributed by atoms with E-state index in [0.29, 0.717) is 29.6 Å². The Labute approximate surface area is 162 Å². The Balaban J connectivity index is 2.08. The van der Waals surface area contributed by atoms with Gasteiger partial charge in [0.25, 0.3) is 0 Å². The van der Waals surface area contributed by atoms with Crippen LogP contribution in [0.4, 0.5) is 0 Å². The van der Waals surface area contributed by atoms with Crippen molar-refractivity contribution in [2.24, 2.45) is 4.99 Å².